The molecule has 2 heteroatoms. The number of nitrogens with zero attached hydrogens (tertiary/aromatic N) is 1. The van der Waals surface area contributed by atoms with Gasteiger partial charge in [-0.3, -0.25) is 0 Å². The maximum absolute atomic E-state index is 3.23. The molecule has 2 nitrogen and oxygen atoms in total. The van der Waals surface area contributed by atoms with Crippen molar-refractivity contribution in [3.63, 3.8) is 0 Å². The zero-order valence-corrected chi connectivity index (χ0v) is 12.5. The van der Waals surface area contributed by atoms with E-state index >= 15 is 0 Å². The van der Waals surface area contributed by atoms with Crippen molar-refractivity contribution < 1.29 is 0 Å². The van der Waals surface area contributed by atoms with Crippen molar-refractivity contribution in [2.75, 3.05) is 27.2 Å². The van der Waals surface area contributed by atoms with Crippen LogP contribution in [0, 0.1) is 5.92 Å². The fourth-order valence-electron chi connectivity index (χ4n) is 2.33. The van der Waals surface area contributed by atoms with E-state index in [0.29, 0.717) is 11.8 Å². The molecule has 1 aromatic carbocycles. The van der Waals surface area contributed by atoms with Gasteiger partial charge in [-0.25, -0.2) is 0 Å². The van der Waals surface area contributed by atoms with E-state index in [2.05, 4.69) is 62.3 Å². The van der Waals surface area contributed by atoms with Crippen molar-refractivity contribution in [2.24, 2.45) is 5.92 Å². The lowest BCUT2D eigenvalue weighted by molar-refractivity contribution is 0.276. The lowest BCUT2D eigenvalue weighted by Gasteiger charge is -2.21. The van der Waals surface area contributed by atoms with Gasteiger partial charge in [-0.2, -0.15) is 0 Å². The second-order valence-electron chi connectivity index (χ2n) is 5.76. The quantitative estimate of drug-likeness (QED) is 0.797. The summed E-state index contributed by atoms with van der Waals surface area (Å²) in [5.41, 5.74) is 2.82. The molecule has 0 bridgehead atoms. The molecule has 0 amide bonds. The van der Waals surface area contributed by atoms with Gasteiger partial charge in [-0.1, -0.05) is 45.0 Å². The van der Waals surface area contributed by atoms with Crippen LogP contribution in [-0.4, -0.2) is 32.1 Å². The van der Waals surface area contributed by atoms with Crippen molar-refractivity contribution in [1.82, 2.24) is 10.2 Å². The molecule has 0 aromatic heterocycles. The van der Waals surface area contributed by atoms with Crippen molar-refractivity contribution in [2.45, 2.75) is 33.2 Å². The lowest BCUT2D eigenvalue weighted by Crippen LogP contribution is -2.29. The summed E-state index contributed by atoms with van der Waals surface area (Å²) >= 11 is 0. The normalized spacial score (nSPS) is 13.3. The van der Waals surface area contributed by atoms with Gasteiger partial charge in [0.25, 0.3) is 0 Å². The van der Waals surface area contributed by atoms with E-state index in [9.17, 15) is 0 Å². The van der Waals surface area contributed by atoms with Gasteiger partial charge >= 0.3 is 0 Å². The summed E-state index contributed by atoms with van der Waals surface area (Å²) in [6.45, 7) is 10.0. The van der Waals surface area contributed by atoms with Gasteiger partial charge < -0.3 is 10.2 Å². The zero-order chi connectivity index (χ0) is 13.5. The van der Waals surface area contributed by atoms with Crippen molar-refractivity contribution >= 4 is 0 Å². The summed E-state index contributed by atoms with van der Waals surface area (Å²) in [6.07, 6.45) is 0. The van der Waals surface area contributed by atoms with Crippen LogP contribution in [0.5, 0.6) is 0 Å². The SMILES string of the molecule is CNCC(C)CN(C)Cc1ccc(C(C)C)cc1. The molecule has 1 rings (SSSR count). The van der Waals surface area contributed by atoms with Gasteiger partial charge in [0.15, 0.2) is 0 Å². The summed E-state index contributed by atoms with van der Waals surface area (Å²) in [5.74, 6) is 1.31. The van der Waals surface area contributed by atoms with Crippen LogP contribution < -0.4 is 5.32 Å². The molecule has 0 spiro atoms. The molecular formula is C16H28N2. The number of hydrogen-bond donors (Lipinski definition) is 1. The molecule has 0 radical (unpaired) electrons. The molecule has 0 saturated carbocycles. The predicted octanol–water partition coefficient (Wildman–Crippen LogP) is 3.10. The van der Waals surface area contributed by atoms with E-state index in [0.717, 1.165) is 19.6 Å². The summed E-state index contributed by atoms with van der Waals surface area (Å²) in [6, 6.07) is 9.03. The van der Waals surface area contributed by atoms with E-state index in [1.54, 1.807) is 0 Å². The first kappa shape index (κ1) is 15.2. The van der Waals surface area contributed by atoms with Crippen molar-refractivity contribution in [3.05, 3.63) is 35.4 Å². The minimum absolute atomic E-state index is 0.618. The highest BCUT2D eigenvalue weighted by molar-refractivity contribution is 5.24. The first-order valence-electron chi connectivity index (χ1n) is 6.95. The van der Waals surface area contributed by atoms with E-state index < -0.39 is 0 Å². The van der Waals surface area contributed by atoms with Gasteiger partial charge in [0.1, 0.15) is 0 Å². The lowest BCUT2D eigenvalue weighted by atomic mass is 10.0. The number of rotatable bonds is 7. The van der Waals surface area contributed by atoms with Crippen LogP contribution in [0.1, 0.15) is 37.8 Å². The predicted molar refractivity (Wildman–Crippen MR) is 80.0 cm³/mol. The molecular weight excluding hydrogens is 220 g/mol. The highest BCUT2D eigenvalue weighted by atomic mass is 15.1. The Bertz CT molecular complexity index is 329. The number of benzene rings is 1. The molecule has 1 aromatic rings. The first-order valence-corrected chi connectivity index (χ1v) is 6.95. The van der Waals surface area contributed by atoms with Gasteiger partial charge in [0.2, 0.25) is 0 Å². The molecule has 102 valence electrons. The molecule has 0 aliphatic heterocycles. The third-order valence-corrected chi connectivity index (χ3v) is 3.27. The zero-order valence-electron chi connectivity index (χ0n) is 12.5. The van der Waals surface area contributed by atoms with E-state index in [-0.39, 0.29) is 0 Å². The smallest absolute Gasteiger partial charge is 0.0230 e. The van der Waals surface area contributed by atoms with Crippen molar-refractivity contribution in [3.8, 4) is 0 Å². The maximum atomic E-state index is 3.23. The molecule has 1 N–H and O–H groups in total. The Morgan fingerprint density at radius 3 is 2.22 bits per heavy atom. The molecule has 0 fully saturated rings. The third-order valence-electron chi connectivity index (χ3n) is 3.27. The molecule has 18 heavy (non-hydrogen) atoms. The van der Waals surface area contributed by atoms with Crippen LogP contribution in [-0.2, 0) is 6.54 Å². The highest BCUT2D eigenvalue weighted by Gasteiger charge is 2.06. The summed E-state index contributed by atoms with van der Waals surface area (Å²) in [7, 11) is 4.21. The van der Waals surface area contributed by atoms with Gasteiger partial charge in [-0.15, -0.1) is 0 Å². The monoisotopic (exact) mass is 248 g/mol. The number of nitrogens with one attached hydrogen (secondary N) is 1. The largest absolute Gasteiger partial charge is 0.319 e. The summed E-state index contributed by atoms with van der Waals surface area (Å²) in [5, 5.41) is 3.23. The highest BCUT2D eigenvalue weighted by Crippen LogP contribution is 2.15. The van der Waals surface area contributed by atoms with E-state index in [1.165, 1.54) is 11.1 Å². The van der Waals surface area contributed by atoms with Gasteiger partial charge in [-0.05, 0) is 43.6 Å². The molecule has 1 atom stereocenters. The van der Waals surface area contributed by atoms with Crippen molar-refractivity contribution in [1.29, 1.82) is 0 Å². The fraction of sp³-hybridized carbons (Fsp3) is 0.625. The Balaban J connectivity index is 2.46. The van der Waals surface area contributed by atoms with Crippen LogP contribution in [0.3, 0.4) is 0 Å². The molecule has 0 aliphatic rings. The molecule has 0 saturated heterocycles. The van der Waals surface area contributed by atoms with Crippen LogP contribution >= 0.6 is 0 Å². The average Bonchev–Trinajstić information content (AvgIpc) is 2.29. The van der Waals surface area contributed by atoms with Crippen LogP contribution in [0.25, 0.3) is 0 Å². The molecule has 0 aliphatic carbocycles. The minimum Gasteiger partial charge on any atom is -0.319 e. The summed E-state index contributed by atoms with van der Waals surface area (Å²) < 4.78 is 0. The molecule has 0 heterocycles. The Kier molecular flexibility index (Phi) is 6.37. The van der Waals surface area contributed by atoms with Gasteiger partial charge in [0, 0.05) is 13.1 Å². The van der Waals surface area contributed by atoms with Gasteiger partial charge in [0.05, 0.1) is 0 Å². The second-order valence-corrected chi connectivity index (χ2v) is 5.76. The Morgan fingerprint density at radius 2 is 1.72 bits per heavy atom. The van der Waals surface area contributed by atoms with E-state index in [1.807, 2.05) is 7.05 Å². The molecule has 1 unspecified atom stereocenters. The van der Waals surface area contributed by atoms with Crippen LogP contribution in [0.15, 0.2) is 24.3 Å². The third kappa shape index (κ3) is 5.19. The topological polar surface area (TPSA) is 15.3 Å². The Hall–Kier alpha value is -0.860. The maximum Gasteiger partial charge on any atom is 0.0230 e. The minimum atomic E-state index is 0.618. The second kappa shape index (κ2) is 7.55. The Labute approximate surface area is 112 Å². The first-order chi connectivity index (χ1) is 8.52. The van der Waals surface area contributed by atoms with Crippen LogP contribution in [0.4, 0.5) is 0 Å². The van der Waals surface area contributed by atoms with Crippen LogP contribution in [0.2, 0.25) is 0 Å². The van der Waals surface area contributed by atoms with E-state index in [4.69, 9.17) is 0 Å². The summed E-state index contributed by atoms with van der Waals surface area (Å²) in [4.78, 5) is 2.40. The Morgan fingerprint density at radius 1 is 1.11 bits per heavy atom. The standard InChI is InChI=1S/C16H28N2/c1-13(2)16-8-6-15(7-9-16)12-18(5)11-14(3)10-17-4/h6-9,13-14,17H,10-12H2,1-5H3. The fourth-order valence-corrected chi connectivity index (χ4v) is 2.33. The number of hydrogen-bond acceptors (Lipinski definition) is 2. The average molecular weight is 248 g/mol.